The molecule has 1 amide bonds. The van der Waals surface area contributed by atoms with E-state index < -0.39 is 0 Å². The van der Waals surface area contributed by atoms with Gasteiger partial charge in [-0.3, -0.25) is 4.79 Å². The van der Waals surface area contributed by atoms with Gasteiger partial charge in [0.2, 0.25) is 11.7 Å². The minimum Gasteiger partial charge on any atom is -0.493 e. The Hall–Kier alpha value is -3.15. The number of methoxy groups -OCH3 is 3. The van der Waals surface area contributed by atoms with Gasteiger partial charge in [-0.05, 0) is 12.1 Å². The van der Waals surface area contributed by atoms with E-state index in [1.165, 1.54) is 0 Å². The van der Waals surface area contributed by atoms with Crippen LogP contribution in [0.5, 0.6) is 17.2 Å². The summed E-state index contributed by atoms with van der Waals surface area (Å²) in [5.74, 6) is 1.47. The van der Waals surface area contributed by atoms with Crippen LogP contribution in [0.1, 0.15) is 0 Å². The maximum atomic E-state index is 12.7. The lowest BCUT2D eigenvalue weighted by atomic mass is 10.2. The van der Waals surface area contributed by atoms with Crippen molar-refractivity contribution in [2.24, 2.45) is 0 Å². The number of nitrogens with zero attached hydrogens (tertiary/aromatic N) is 1. The number of hydrogen-bond acceptors (Lipinski definition) is 5. The van der Waals surface area contributed by atoms with Crippen molar-refractivity contribution >= 4 is 17.3 Å². The molecule has 1 N–H and O–H groups in total. The zero-order chi connectivity index (χ0) is 18.9. The lowest BCUT2D eigenvalue weighted by Crippen LogP contribution is -2.35. The van der Waals surface area contributed by atoms with Gasteiger partial charge in [0.25, 0.3) is 0 Å². The van der Waals surface area contributed by atoms with Gasteiger partial charge < -0.3 is 24.4 Å². The second-order valence-corrected chi connectivity index (χ2v) is 5.40. The SMILES string of the molecule is C=CCN(C(=O)CNc1cc(OC)c(OC)c(OC)c1)c1ccccc1. The van der Waals surface area contributed by atoms with Crippen LogP contribution in [-0.2, 0) is 4.79 Å². The summed E-state index contributed by atoms with van der Waals surface area (Å²) >= 11 is 0. The third kappa shape index (κ3) is 4.47. The van der Waals surface area contributed by atoms with E-state index in [0.29, 0.717) is 29.5 Å². The third-order valence-electron chi connectivity index (χ3n) is 3.79. The number of carbonyl (C=O) groups excluding carboxylic acids is 1. The highest BCUT2D eigenvalue weighted by Crippen LogP contribution is 2.39. The molecule has 138 valence electrons. The molecule has 0 saturated carbocycles. The minimum atomic E-state index is -0.0788. The Morgan fingerprint density at radius 1 is 1.08 bits per heavy atom. The molecule has 0 unspecified atom stereocenters. The average Bonchev–Trinajstić information content (AvgIpc) is 2.69. The summed E-state index contributed by atoms with van der Waals surface area (Å²) in [7, 11) is 4.64. The van der Waals surface area contributed by atoms with Gasteiger partial charge in [-0.25, -0.2) is 0 Å². The fourth-order valence-electron chi connectivity index (χ4n) is 2.54. The molecule has 0 aliphatic heterocycles. The number of carbonyl (C=O) groups is 1. The Morgan fingerprint density at radius 2 is 1.69 bits per heavy atom. The summed E-state index contributed by atoms with van der Waals surface area (Å²) in [6.07, 6.45) is 1.70. The molecular formula is C20H24N2O4. The topological polar surface area (TPSA) is 60.0 Å². The highest BCUT2D eigenvalue weighted by atomic mass is 16.5. The van der Waals surface area contributed by atoms with Crippen LogP contribution in [0.25, 0.3) is 0 Å². The van der Waals surface area contributed by atoms with Gasteiger partial charge in [0, 0.05) is 30.1 Å². The summed E-state index contributed by atoms with van der Waals surface area (Å²) in [5.41, 5.74) is 1.52. The van der Waals surface area contributed by atoms with Crippen LogP contribution in [-0.4, -0.2) is 40.3 Å². The normalized spacial score (nSPS) is 9.96. The summed E-state index contributed by atoms with van der Waals surface area (Å²) in [4.78, 5) is 14.3. The lowest BCUT2D eigenvalue weighted by molar-refractivity contribution is -0.116. The van der Waals surface area contributed by atoms with Crippen molar-refractivity contribution in [3.63, 3.8) is 0 Å². The summed E-state index contributed by atoms with van der Waals surface area (Å²) in [6.45, 7) is 4.27. The number of hydrogen-bond donors (Lipinski definition) is 1. The Balaban J connectivity index is 2.16. The van der Waals surface area contributed by atoms with E-state index >= 15 is 0 Å². The zero-order valence-corrected chi connectivity index (χ0v) is 15.3. The van der Waals surface area contributed by atoms with Crippen LogP contribution in [0.3, 0.4) is 0 Å². The van der Waals surface area contributed by atoms with Crippen molar-refractivity contribution in [3.8, 4) is 17.2 Å². The second kappa shape index (κ2) is 9.36. The molecule has 0 aromatic heterocycles. The quantitative estimate of drug-likeness (QED) is 0.698. The summed E-state index contributed by atoms with van der Waals surface area (Å²) < 4.78 is 16.0. The minimum absolute atomic E-state index is 0.0788. The maximum Gasteiger partial charge on any atom is 0.246 e. The number of amides is 1. The summed E-state index contributed by atoms with van der Waals surface area (Å²) in [6, 6.07) is 13.0. The van der Waals surface area contributed by atoms with Crippen LogP contribution < -0.4 is 24.4 Å². The van der Waals surface area contributed by atoms with E-state index in [1.54, 1.807) is 44.4 Å². The van der Waals surface area contributed by atoms with Gasteiger partial charge >= 0.3 is 0 Å². The van der Waals surface area contributed by atoms with Crippen LogP contribution in [0.2, 0.25) is 0 Å². The lowest BCUT2D eigenvalue weighted by Gasteiger charge is -2.22. The molecule has 6 nitrogen and oxygen atoms in total. The number of ether oxygens (including phenoxy) is 3. The Labute approximate surface area is 154 Å². The molecule has 2 aromatic rings. The van der Waals surface area contributed by atoms with Crippen molar-refractivity contribution in [2.75, 3.05) is 44.6 Å². The molecule has 0 atom stereocenters. The number of nitrogens with one attached hydrogen (secondary N) is 1. The van der Waals surface area contributed by atoms with Crippen molar-refractivity contribution in [1.29, 1.82) is 0 Å². The van der Waals surface area contributed by atoms with Crippen LogP contribution >= 0.6 is 0 Å². The average molecular weight is 356 g/mol. The van der Waals surface area contributed by atoms with Gasteiger partial charge in [-0.2, -0.15) is 0 Å². The molecule has 2 rings (SSSR count). The number of rotatable bonds is 9. The highest BCUT2D eigenvalue weighted by molar-refractivity contribution is 5.96. The molecule has 0 heterocycles. The van der Waals surface area contributed by atoms with Gasteiger partial charge in [0.15, 0.2) is 11.5 Å². The first-order chi connectivity index (χ1) is 12.6. The summed E-state index contributed by atoms with van der Waals surface area (Å²) in [5, 5.41) is 3.11. The molecular weight excluding hydrogens is 332 g/mol. The maximum absolute atomic E-state index is 12.7. The zero-order valence-electron chi connectivity index (χ0n) is 15.3. The van der Waals surface area contributed by atoms with Gasteiger partial charge in [-0.1, -0.05) is 24.3 Å². The Kier molecular flexibility index (Phi) is 6.91. The van der Waals surface area contributed by atoms with Crippen LogP contribution in [0, 0.1) is 0 Å². The van der Waals surface area contributed by atoms with Gasteiger partial charge in [0.05, 0.1) is 27.9 Å². The Bertz CT molecular complexity index is 722. The second-order valence-electron chi connectivity index (χ2n) is 5.40. The fourth-order valence-corrected chi connectivity index (χ4v) is 2.54. The first kappa shape index (κ1) is 19.2. The number of benzene rings is 2. The van der Waals surface area contributed by atoms with Crippen molar-refractivity contribution < 1.29 is 19.0 Å². The highest BCUT2D eigenvalue weighted by Gasteiger charge is 2.16. The van der Waals surface area contributed by atoms with Crippen molar-refractivity contribution in [1.82, 2.24) is 0 Å². The molecule has 0 aliphatic rings. The third-order valence-corrected chi connectivity index (χ3v) is 3.79. The fraction of sp³-hybridized carbons (Fsp3) is 0.250. The van der Waals surface area contributed by atoms with Gasteiger partial charge in [0.1, 0.15) is 0 Å². The molecule has 0 saturated heterocycles. The predicted octanol–water partition coefficient (Wildman–Crippen LogP) is 3.34. The van der Waals surface area contributed by atoms with E-state index in [9.17, 15) is 4.79 Å². The standard InChI is InChI=1S/C20H24N2O4/c1-5-11-22(16-9-7-6-8-10-16)19(23)14-21-15-12-17(24-2)20(26-4)18(13-15)25-3/h5-10,12-13,21H,1,11,14H2,2-4H3. The molecule has 0 spiro atoms. The van der Waals surface area contributed by atoms with E-state index in [4.69, 9.17) is 14.2 Å². The molecule has 0 aliphatic carbocycles. The van der Waals surface area contributed by atoms with Gasteiger partial charge in [-0.15, -0.1) is 6.58 Å². The van der Waals surface area contributed by atoms with Crippen LogP contribution in [0.15, 0.2) is 55.1 Å². The Morgan fingerprint density at radius 3 is 2.19 bits per heavy atom. The van der Waals surface area contributed by atoms with E-state index in [0.717, 1.165) is 5.69 Å². The monoisotopic (exact) mass is 356 g/mol. The first-order valence-corrected chi connectivity index (χ1v) is 8.14. The molecule has 26 heavy (non-hydrogen) atoms. The van der Waals surface area contributed by atoms with E-state index in [1.807, 2.05) is 30.3 Å². The molecule has 0 bridgehead atoms. The van der Waals surface area contributed by atoms with Crippen molar-refractivity contribution in [3.05, 3.63) is 55.1 Å². The van der Waals surface area contributed by atoms with E-state index in [2.05, 4.69) is 11.9 Å². The van der Waals surface area contributed by atoms with Crippen LogP contribution in [0.4, 0.5) is 11.4 Å². The molecule has 6 heteroatoms. The van der Waals surface area contributed by atoms with E-state index in [-0.39, 0.29) is 12.5 Å². The smallest absolute Gasteiger partial charge is 0.246 e. The molecule has 0 radical (unpaired) electrons. The number of anilines is 2. The molecule has 2 aromatic carbocycles. The number of para-hydroxylation sites is 1. The predicted molar refractivity (Wildman–Crippen MR) is 104 cm³/mol. The first-order valence-electron chi connectivity index (χ1n) is 8.14. The largest absolute Gasteiger partial charge is 0.493 e. The van der Waals surface area contributed by atoms with Crippen molar-refractivity contribution in [2.45, 2.75) is 0 Å². The molecule has 0 fully saturated rings.